The minimum absolute atomic E-state index is 0.204. The largest absolute Gasteiger partial charge is 0.481 e. The molecule has 0 atom stereocenters. The molecule has 1 rings (SSSR count). The number of aryl methyl sites for hydroxylation is 1. The quantitative estimate of drug-likeness (QED) is 0.848. The summed E-state index contributed by atoms with van der Waals surface area (Å²) in [5.74, 6) is -0.747. The second-order valence-electron chi connectivity index (χ2n) is 4.01. The molecule has 0 aliphatic heterocycles. The first-order valence-corrected chi connectivity index (χ1v) is 6.15. The summed E-state index contributed by atoms with van der Waals surface area (Å²) in [6, 6.07) is 5.93. The lowest BCUT2D eigenvalue weighted by atomic mass is 10.2. The van der Waals surface area contributed by atoms with Gasteiger partial charge in [0, 0.05) is 30.2 Å². The average molecular weight is 256 g/mol. The Balaban J connectivity index is 2.65. The summed E-state index contributed by atoms with van der Waals surface area (Å²) < 4.78 is 0. The Kier molecular flexibility index (Phi) is 5.29. The Morgan fingerprint density at radius 3 is 2.71 bits per heavy atom. The molecule has 0 heterocycles. The van der Waals surface area contributed by atoms with Crippen LogP contribution in [0.25, 0.3) is 0 Å². The molecule has 0 aromatic heterocycles. The number of benzene rings is 1. The number of nitrogens with zero attached hydrogens (tertiary/aromatic N) is 1. The standard InChI is InChI=1S/C13H18ClNO2/c1-3-15(8-4-5-13(16)17)11-7-6-10(2)12(14)9-11/h6-7,9H,3-5,8H2,1-2H3,(H,16,17). The number of carboxylic acid groups (broad SMARTS) is 1. The van der Waals surface area contributed by atoms with Crippen LogP contribution in [0.5, 0.6) is 0 Å². The van der Waals surface area contributed by atoms with Crippen molar-refractivity contribution in [1.29, 1.82) is 0 Å². The molecule has 0 amide bonds. The summed E-state index contributed by atoms with van der Waals surface area (Å²) in [6.07, 6.45) is 0.852. The van der Waals surface area contributed by atoms with Crippen molar-refractivity contribution in [2.45, 2.75) is 26.7 Å². The van der Waals surface area contributed by atoms with Gasteiger partial charge in [-0.25, -0.2) is 0 Å². The minimum atomic E-state index is -0.747. The monoisotopic (exact) mass is 255 g/mol. The number of carboxylic acids is 1. The van der Waals surface area contributed by atoms with Crippen molar-refractivity contribution in [3.05, 3.63) is 28.8 Å². The number of aliphatic carboxylic acids is 1. The van der Waals surface area contributed by atoms with Gasteiger partial charge < -0.3 is 10.0 Å². The Hall–Kier alpha value is -1.22. The lowest BCUT2D eigenvalue weighted by Crippen LogP contribution is -2.24. The maximum Gasteiger partial charge on any atom is 0.303 e. The number of hydrogen-bond donors (Lipinski definition) is 1. The molecular formula is C13H18ClNO2. The van der Waals surface area contributed by atoms with Crippen LogP contribution < -0.4 is 4.90 Å². The van der Waals surface area contributed by atoms with E-state index in [4.69, 9.17) is 16.7 Å². The van der Waals surface area contributed by atoms with E-state index in [-0.39, 0.29) is 6.42 Å². The smallest absolute Gasteiger partial charge is 0.303 e. The van der Waals surface area contributed by atoms with Crippen LogP contribution in [0.4, 0.5) is 5.69 Å². The van der Waals surface area contributed by atoms with Crippen LogP contribution in [0.2, 0.25) is 5.02 Å². The van der Waals surface area contributed by atoms with E-state index in [1.54, 1.807) is 0 Å². The van der Waals surface area contributed by atoms with Gasteiger partial charge in [-0.15, -0.1) is 0 Å². The molecule has 1 aromatic rings. The highest BCUT2D eigenvalue weighted by Crippen LogP contribution is 2.23. The number of hydrogen-bond acceptors (Lipinski definition) is 2. The zero-order valence-electron chi connectivity index (χ0n) is 10.2. The van der Waals surface area contributed by atoms with Crippen molar-refractivity contribution in [3.8, 4) is 0 Å². The van der Waals surface area contributed by atoms with Crippen LogP contribution >= 0.6 is 11.6 Å². The molecule has 0 saturated heterocycles. The summed E-state index contributed by atoms with van der Waals surface area (Å²) >= 11 is 6.08. The normalized spacial score (nSPS) is 10.3. The first-order valence-electron chi connectivity index (χ1n) is 5.77. The number of carbonyl (C=O) groups is 1. The van der Waals surface area contributed by atoms with Crippen LogP contribution in [0.1, 0.15) is 25.3 Å². The van der Waals surface area contributed by atoms with Crippen molar-refractivity contribution in [2.24, 2.45) is 0 Å². The van der Waals surface area contributed by atoms with Crippen LogP contribution in [0, 0.1) is 6.92 Å². The van der Waals surface area contributed by atoms with E-state index >= 15 is 0 Å². The van der Waals surface area contributed by atoms with Gasteiger partial charge in [0.25, 0.3) is 0 Å². The second kappa shape index (κ2) is 6.50. The van der Waals surface area contributed by atoms with Crippen molar-refractivity contribution in [2.75, 3.05) is 18.0 Å². The maximum atomic E-state index is 10.5. The van der Waals surface area contributed by atoms with Gasteiger partial charge in [-0.3, -0.25) is 4.79 Å². The molecule has 0 aliphatic carbocycles. The molecule has 17 heavy (non-hydrogen) atoms. The van der Waals surface area contributed by atoms with Crippen molar-refractivity contribution in [1.82, 2.24) is 0 Å². The van der Waals surface area contributed by atoms with E-state index in [1.807, 2.05) is 25.1 Å². The first kappa shape index (κ1) is 13.8. The molecule has 0 bridgehead atoms. The lowest BCUT2D eigenvalue weighted by Gasteiger charge is -2.23. The van der Waals surface area contributed by atoms with Crippen LogP contribution in [-0.4, -0.2) is 24.2 Å². The fourth-order valence-corrected chi connectivity index (χ4v) is 1.84. The molecule has 0 fully saturated rings. The summed E-state index contributed by atoms with van der Waals surface area (Å²) in [5.41, 5.74) is 2.10. The van der Waals surface area contributed by atoms with Crippen molar-refractivity contribution in [3.63, 3.8) is 0 Å². The Morgan fingerprint density at radius 1 is 1.47 bits per heavy atom. The molecule has 4 heteroatoms. The predicted octanol–water partition coefficient (Wildman–Crippen LogP) is 3.34. The molecule has 0 unspecified atom stereocenters. The molecule has 0 saturated carbocycles. The van der Waals surface area contributed by atoms with Gasteiger partial charge in [-0.2, -0.15) is 0 Å². The number of anilines is 1. The van der Waals surface area contributed by atoms with Gasteiger partial charge in [-0.05, 0) is 38.0 Å². The summed E-state index contributed by atoms with van der Waals surface area (Å²) in [5, 5.41) is 9.36. The topological polar surface area (TPSA) is 40.5 Å². The zero-order chi connectivity index (χ0) is 12.8. The van der Waals surface area contributed by atoms with Gasteiger partial charge >= 0.3 is 5.97 Å². The highest BCUT2D eigenvalue weighted by Gasteiger charge is 2.07. The van der Waals surface area contributed by atoms with Gasteiger partial charge in [0.1, 0.15) is 0 Å². The third-order valence-corrected chi connectivity index (χ3v) is 3.13. The highest BCUT2D eigenvalue weighted by atomic mass is 35.5. The Morgan fingerprint density at radius 2 is 2.18 bits per heavy atom. The SMILES string of the molecule is CCN(CCCC(=O)O)c1ccc(C)c(Cl)c1. The van der Waals surface area contributed by atoms with E-state index in [0.29, 0.717) is 6.42 Å². The fourth-order valence-electron chi connectivity index (χ4n) is 1.67. The summed E-state index contributed by atoms with van der Waals surface area (Å²) in [6.45, 7) is 5.60. The number of rotatable bonds is 6. The summed E-state index contributed by atoms with van der Waals surface area (Å²) in [4.78, 5) is 12.6. The van der Waals surface area contributed by atoms with E-state index in [1.165, 1.54) is 0 Å². The van der Waals surface area contributed by atoms with E-state index in [2.05, 4.69) is 11.8 Å². The van der Waals surface area contributed by atoms with E-state index in [0.717, 1.165) is 29.4 Å². The van der Waals surface area contributed by atoms with E-state index in [9.17, 15) is 4.79 Å². The Bertz CT molecular complexity index is 393. The maximum absolute atomic E-state index is 10.5. The molecule has 0 spiro atoms. The molecule has 94 valence electrons. The van der Waals surface area contributed by atoms with Gasteiger partial charge in [-0.1, -0.05) is 17.7 Å². The number of halogens is 1. The molecule has 0 aliphatic rings. The van der Waals surface area contributed by atoms with E-state index < -0.39 is 5.97 Å². The van der Waals surface area contributed by atoms with Gasteiger partial charge in [0.05, 0.1) is 0 Å². The zero-order valence-corrected chi connectivity index (χ0v) is 11.0. The second-order valence-corrected chi connectivity index (χ2v) is 4.42. The summed E-state index contributed by atoms with van der Waals surface area (Å²) in [7, 11) is 0. The lowest BCUT2D eigenvalue weighted by molar-refractivity contribution is -0.137. The average Bonchev–Trinajstić information content (AvgIpc) is 2.28. The van der Waals surface area contributed by atoms with Crippen LogP contribution in [0.3, 0.4) is 0 Å². The highest BCUT2D eigenvalue weighted by molar-refractivity contribution is 6.31. The van der Waals surface area contributed by atoms with Gasteiger partial charge in [0.2, 0.25) is 0 Å². The fraction of sp³-hybridized carbons (Fsp3) is 0.462. The molecular weight excluding hydrogens is 238 g/mol. The molecule has 1 N–H and O–H groups in total. The van der Waals surface area contributed by atoms with Crippen LogP contribution in [0.15, 0.2) is 18.2 Å². The predicted molar refractivity (Wildman–Crippen MR) is 70.9 cm³/mol. The Labute approximate surface area is 107 Å². The molecule has 1 aromatic carbocycles. The third kappa shape index (κ3) is 4.27. The van der Waals surface area contributed by atoms with Crippen LogP contribution in [-0.2, 0) is 4.79 Å². The molecule has 0 radical (unpaired) electrons. The van der Waals surface area contributed by atoms with Crippen molar-refractivity contribution >= 4 is 23.3 Å². The third-order valence-electron chi connectivity index (χ3n) is 2.72. The molecule has 3 nitrogen and oxygen atoms in total. The van der Waals surface area contributed by atoms with Crippen molar-refractivity contribution < 1.29 is 9.90 Å². The van der Waals surface area contributed by atoms with Gasteiger partial charge in [0.15, 0.2) is 0 Å². The first-order chi connectivity index (χ1) is 8.04. The minimum Gasteiger partial charge on any atom is -0.481 e.